The van der Waals surface area contributed by atoms with Gasteiger partial charge in [-0.15, -0.1) is 0 Å². The van der Waals surface area contributed by atoms with Gasteiger partial charge in [0.2, 0.25) is 0 Å². The Hall–Kier alpha value is -2.06. The van der Waals surface area contributed by atoms with Crippen LogP contribution < -0.4 is 10.5 Å². The van der Waals surface area contributed by atoms with Crippen LogP contribution >= 0.6 is 0 Å². The molecule has 0 spiro atoms. The molecule has 6 nitrogen and oxygen atoms in total. The van der Waals surface area contributed by atoms with Gasteiger partial charge in [0.05, 0.1) is 17.0 Å². The lowest BCUT2D eigenvalue weighted by atomic mass is 9.99. The molecule has 2 aliphatic carbocycles. The van der Waals surface area contributed by atoms with Crippen molar-refractivity contribution in [2.75, 3.05) is 25.5 Å². The molecule has 0 radical (unpaired) electrons. The van der Waals surface area contributed by atoms with Crippen LogP contribution in [0.15, 0.2) is 39.6 Å². The van der Waals surface area contributed by atoms with E-state index in [1.807, 2.05) is 12.1 Å². The summed E-state index contributed by atoms with van der Waals surface area (Å²) in [5, 5.41) is 9.43. The van der Waals surface area contributed by atoms with Crippen molar-refractivity contribution in [3.63, 3.8) is 0 Å². The van der Waals surface area contributed by atoms with Crippen LogP contribution in [0.25, 0.3) is 0 Å². The standard InChI is InChI=1S/C24H30N4O2S/c1-30-19-14-28(15-19)13-16-8-10-20(11-9-16)31(25)27-24(29)26-23-21-6-2-4-17(21)12-18-5-3-7-22(18)23/h8-12,19H,2-7,13-15H2,1H3,(H3,25,26,27,29)/p+1. The quantitative estimate of drug-likeness (QED) is 0.552. The van der Waals surface area contributed by atoms with E-state index < -0.39 is 10.9 Å². The van der Waals surface area contributed by atoms with Gasteiger partial charge in [-0.25, -0.2) is 4.79 Å². The first-order valence-corrected chi connectivity index (χ1v) is 12.5. The summed E-state index contributed by atoms with van der Waals surface area (Å²) in [6.45, 7) is 2.86. The van der Waals surface area contributed by atoms with Crippen molar-refractivity contribution in [1.29, 1.82) is 0 Å². The molecule has 0 saturated carbocycles. The first kappa shape index (κ1) is 20.8. The van der Waals surface area contributed by atoms with Gasteiger partial charge in [-0.2, -0.15) is 5.14 Å². The lowest BCUT2D eigenvalue weighted by molar-refractivity contribution is -0.0334. The minimum absolute atomic E-state index is 0.321. The maximum atomic E-state index is 12.8. The molecule has 3 N–H and O–H groups in total. The zero-order chi connectivity index (χ0) is 21.4. The Morgan fingerprint density at radius 3 is 2.39 bits per heavy atom. The molecule has 1 saturated heterocycles. The summed E-state index contributed by atoms with van der Waals surface area (Å²) < 4.78 is 9.63. The number of anilines is 1. The van der Waals surface area contributed by atoms with Crippen LogP contribution in [0.5, 0.6) is 0 Å². The van der Waals surface area contributed by atoms with E-state index in [0.29, 0.717) is 6.10 Å². The number of nitrogens with one attached hydrogen (secondary N) is 1. The zero-order valence-corrected chi connectivity index (χ0v) is 19.0. The number of thiol groups is 1. The van der Waals surface area contributed by atoms with E-state index in [1.54, 1.807) is 7.11 Å². The average Bonchev–Trinajstić information content (AvgIpc) is 3.40. The number of carbonyl (C=O) groups excluding carboxylic acids is 1. The molecule has 1 fully saturated rings. The Kier molecular flexibility index (Phi) is 5.93. The topological polar surface area (TPSA) is 80.0 Å². The van der Waals surface area contributed by atoms with Gasteiger partial charge in [0, 0.05) is 32.4 Å². The zero-order valence-electron chi connectivity index (χ0n) is 18.1. The van der Waals surface area contributed by atoms with Crippen molar-refractivity contribution >= 4 is 22.6 Å². The number of carbonyl (C=O) groups is 1. The number of rotatable bonds is 5. The van der Waals surface area contributed by atoms with Gasteiger partial charge in [0.1, 0.15) is 0 Å². The number of fused-ring (bicyclic) bond motifs is 2. The predicted molar refractivity (Wildman–Crippen MR) is 126 cm³/mol. The third-order valence-corrected chi connectivity index (χ3v) is 7.99. The van der Waals surface area contributed by atoms with Gasteiger partial charge in [0.15, 0.2) is 4.90 Å². The summed E-state index contributed by atoms with van der Waals surface area (Å²) in [6, 6.07) is 10.2. The minimum Gasteiger partial charge on any atom is -0.379 e. The first-order valence-electron chi connectivity index (χ1n) is 11.2. The number of ether oxygens (including phenoxy) is 1. The Morgan fingerprint density at radius 1 is 1.13 bits per heavy atom. The molecule has 0 aromatic heterocycles. The fraction of sp³-hybridized carbons (Fsp3) is 0.458. The van der Waals surface area contributed by atoms with Gasteiger partial charge in [-0.3, -0.25) is 4.90 Å². The first-order chi connectivity index (χ1) is 15.1. The molecule has 31 heavy (non-hydrogen) atoms. The number of benzene rings is 2. The Morgan fingerprint density at radius 2 is 1.77 bits per heavy atom. The number of likely N-dealkylation sites (tertiary alicyclic amines) is 1. The van der Waals surface area contributed by atoms with Gasteiger partial charge < -0.3 is 10.1 Å². The second-order valence-electron chi connectivity index (χ2n) is 8.83. The third-order valence-electron chi connectivity index (χ3n) is 6.77. The largest absolute Gasteiger partial charge is 0.386 e. The lowest BCUT2D eigenvalue weighted by Gasteiger charge is -2.38. The number of nitrogens with two attached hydrogens (primary N) is 1. The maximum Gasteiger partial charge on any atom is 0.386 e. The molecule has 1 atom stereocenters. The van der Waals surface area contributed by atoms with Crippen LogP contribution in [-0.4, -0.2) is 37.2 Å². The van der Waals surface area contributed by atoms with Crippen molar-refractivity contribution in [3.8, 4) is 0 Å². The predicted octanol–water partition coefficient (Wildman–Crippen LogP) is 3.49. The molecule has 7 heteroatoms. The van der Waals surface area contributed by atoms with Crippen LogP contribution in [0.1, 0.15) is 40.7 Å². The Labute approximate surface area is 186 Å². The van der Waals surface area contributed by atoms with Crippen molar-refractivity contribution in [2.24, 2.45) is 9.50 Å². The summed E-state index contributed by atoms with van der Waals surface area (Å²) in [4.78, 5) is 16.0. The molecule has 2 amide bonds. The fourth-order valence-electron chi connectivity index (χ4n) is 5.07. The number of urea groups is 1. The Balaban J connectivity index is 1.27. The van der Waals surface area contributed by atoms with Crippen LogP contribution in [-0.2, 0) is 47.8 Å². The van der Waals surface area contributed by atoms with E-state index in [9.17, 15) is 4.79 Å². The van der Waals surface area contributed by atoms with E-state index in [1.165, 1.54) is 27.8 Å². The lowest BCUT2D eigenvalue weighted by Crippen LogP contribution is -2.50. The smallest absolute Gasteiger partial charge is 0.379 e. The number of nitrogens with zero attached hydrogens (tertiary/aromatic N) is 2. The molecular weight excluding hydrogens is 408 g/mol. The van der Waals surface area contributed by atoms with Crippen LogP contribution in [0.2, 0.25) is 0 Å². The molecule has 5 rings (SSSR count). The molecule has 2 aromatic carbocycles. The summed E-state index contributed by atoms with van der Waals surface area (Å²) in [5.41, 5.74) is 7.70. The molecule has 1 heterocycles. The highest BCUT2D eigenvalue weighted by Gasteiger charge is 2.27. The summed E-state index contributed by atoms with van der Waals surface area (Å²) >= 11 is 0. The summed E-state index contributed by atoms with van der Waals surface area (Å²) in [5.74, 6) is 0. The molecule has 1 unspecified atom stereocenters. The number of methoxy groups -OCH3 is 1. The molecule has 0 bridgehead atoms. The van der Waals surface area contributed by atoms with Crippen LogP contribution in [0.3, 0.4) is 0 Å². The molecular formula is C24H31N4O2S+. The normalized spacial score (nSPS) is 19.2. The van der Waals surface area contributed by atoms with Gasteiger partial charge >= 0.3 is 6.03 Å². The van der Waals surface area contributed by atoms with Gasteiger partial charge in [0.25, 0.3) is 0 Å². The second-order valence-corrected chi connectivity index (χ2v) is 10.2. The average molecular weight is 440 g/mol. The highest BCUT2D eigenvalue weighted by molar-refractivity contribution is 7.85. The minimum atomic E-state index is -1.38. The highest BCUT2D eigenvalue weighted by atomic mass is 32.2. The van der Waals surface area contributed by atoms with E-state index >= 15 is 0 Å². The fourth-order valence-corrected chi connectivity index (χ4v) is 5.88. The van der Waals surface area contributed by atoms with Crippen molar-refractivity contribution in [1.82, 2.24) is 4.90 Å². The van der Waals surface area contributed by atoms with E-state index in [2.05, 4.69) is 32.8 Å². The summed E-state index contributed by atoms with van der Waals surface area (Å²) in [7, 11) is 0.386. The summed E-state index contributed by atoms with van der Waals surface area (Å²) in [6.07, 6.45) is 7.00. The number of amides is 2. The highest BCUT2D eigenvalue weighted by Crippen LogP contribution is 2.38. The number of hydrogen-bond donors (Lipinski definition) is 2. The van der Waals surface area contributed by atoms with Crippen molar-refractivity contribution in [2.45, 2.75) is 56.1 Å². The van der Waals surface area contributed by atoms with E-state index in [-0.39, 0.29) is 6.03 Å². The second kappa shape index (κ2) is 8.82. The van der Waals surface area contributed by atoms with Crippen LogP contribution in [0, 0.1) is 0 Å². The number of aryl methyl sites for hydroxylation is 2. The van der Waals surface area contributed by atoms with Crippen LogP contribution in [0.4, 0.5) is 10.5 Å². The van der Waals surface area contributed by atoms with Gasteiger partial charge in [-0.1, -0.05) is 18.2 Å². The van der Waals surface area contributed by atoms with Crippen molar-refractivity contribution in [3.05, 3.63) is 58.1 Å². The Bertz CT molecular complexity index is 997. The van der Waals surface area contributed by atoms with E-state index in [4.69, 9.17) is 9.88 Å². The monoisotopic (exact) mass is 439 g/mol. The molecule has 1 aliphatic heterocycles. The van der Waals surface area contributed by atoms with Crippen molar-refractivity contribution < 1.29 is 9.53 Å². The third kappa shape index (κ3) is 4.32. The molecule has 2 aromatic rings. The maximum absolute atomic E-state index is 12.8. The number of hydrogen-bond acceptors (Lipinski definition) is 3. The van der Waals surface area contributed by atoms with E-state index in [0.717, 1.165) is 68.7 Å². The SMILES string of the molecule is COC1CN(Cc2ccc([SH+](N)=NC(=O)Nc3c4c(cc5c3CCC5)CCC4)cc2)C1. The van der Waals surface area contributed by atoms with Gasteiger partial charge in [-0.05, 0) is 82.8 Å². The molecule has 164 valence electrons. The molecule has 3 aliphatic rings.